The number of nitrogens with zero attached hydrogens (tertiary/aromatic N) is 2. The molecule has 3 aromatic carbocycles. The molecule has 2 amide bonds. The minimum absolute atomic E-state index is 0.0520. The number of rotatable bonds is 11. The van der Waals surface area contributed by atoms with Gasteiger partial charge in [-0.2, -0.15) is 0 Å². The number of carbonyl (C=O) groups is 2. The molecule has 9 nitrogen and oxygen atoms in total. The number of phenols is 1. The smallest absolute Gasteiger partial charge is 0.268 e. The second-order valence-electron chi connectivity index (χ2n) is 9.72. The SMILES string of the molecule is CCCCN(C(=O)CNC(=O)c1ccc(S(=O)(=O)N(c2ccccc2)c2ccccc2O)cc1)C1CCNCC1. The third-order valence-corrected chi connectivity index (χ3v) is 8.72. The molecule has 1 heterocycles. The second kappa shape index (κ2) is 13.5. The van der Waals surface area contributed by atoms with Crippen molar-refractivity contribution in [2.24, 2.45) is 0 Å². The van der Waals surface area contributed by atoms with Crippen molar-refractivity contribution in [1.82, 2.24) is 15.5 Å². The first-order valence-corrected chi connectivity index (χ1v) is 15.0. The van der Waals surface area contributed by atoms with Crippen LogP contribution in [-0.4, -0.2) is 62.5 Å². The lowest BCUT2D eigenvalue weighted by Crippen LogP contribution is -2.49. The number of para-hydroxylation sites is 3. The fourth-order valence-corrected chi connectivity index (χ4v) is 6.31. The van der Waals surface area contributed by atoms with Gasteiger partial charge in [0.05, 0.1) is 22.8 Å². The van der Waals surface area contributed by atoms with Crippen LogP contribution in [0, 0.1) is 0 Å². The second-order valence-corrected chi connectivity index (χ2v) is 11.5. The number of aromatic hydroxyl groups is 1. The third kappa shape index (κ3) is 6.81. The van der Waals surface area contributed by atoms with E-state index in [0.29, 0.717) is 12.2 Å². The van der Waals surface area contributed by atoms with Gasteiger partial charge >= 0.3 is 0 Å². The van der Waals surface area contributed by atoms with Crippen LogP contribution in [0.2, 0.25) is 0 Å². The Morgan fingerprint density at radius 1 is 0.950 bits per heavy atom. The molecule has 1 aliphatic rings. The Labute approximate surface area is 235 Å². The molecule has 0 bridgehead atoms. The highest BCUT2D eigenvalue weighted by molar-refractivity contribution is 7.93. The lowest BCUT2D eigenvalue weighted by molar-refractivity contribution is -0.133. The van der Waals surface area contributed by atoms with E-state index in [1.54, 1.807) is 42.5 Å². The molecule has 0 saturated carbocycles. The average molecular weight is 565 g/mol. The maximum atomic E-state index is 13.8. The molecule has 1 aliphatic heterocycles. The summed E-state index contributed by atoms with van der Waals surface area (Å²) in [6.07, 6.45) is 3.66. The van der Waals surface area contributed by atoms with Crippen LogP contribution in [0.15, 0.2) is 83.8 Å². The number of nitrogens with one attached hydrogen (secondary N) is 2. The molecule has 1 fully saturated rings. The van der Waals surface area contributed by atoms with Crippen molar-refractivity contribution in [2.45, 2.75) is 43.5 Å². The zero-order valence-corrected chi connectivity index (χ0v) is 23.4. The van der Waals surface area contributed by atoms with Gasteiger partial charge in [0.15, 0.2) is 0 Å². The van der Waals surface area contributed by atoms with E-state index >= 15 is 0 Å². The molecular formula is C30H36N4O5S. The van der Waals surface area contributed by atoms with Gasteiger partial charge in [-0.1, -0.05) is 43.7 Å². The van der Waals surface area contributed by atoms with Gasteiger partial charge in [-0.3, -0.25) is 9.59 Å². The van der Waals surface area contributed by atoms with Crippen LogP contribution in [0.3, 0.4) is 0 Å². The highest BCUT2D eigenvalue weighted by Gasteiger charge is 2.29. The van der Waals surface area contributed by atoms with Crippen molar-refractivity contribution in [2.75, 3.05) is 30.5 Å². The van der Waals surface area contributed by atoms with Gasteiger partial charge in [-0.25, -0.2) is 12.7 Å². The highest BCUT2D eigenvalue weighted by Crippen LogP contribution is 2.37. The normalized spacial score (nSPS) is 13.9. The van der Waals surface area contributed by atoms with Crippen molar-refractivity contribution in [1.29, 1.82) is 0 Å². The fourth-order valence-electron chi connectivity index (χ4n) is 4.81. The zero-order valence-electron chi connectivity index (χ0n) is 22.6. The van der Waals surface area contributed by atoms with Crippen LogP contribution in [-0.2, 0) is 14.8 Å². The van der Waals surface area contributed by atoms with E-state index in [9.17, 15) is 23.1 Å². The predicted octanol–water partition coefficient (Wildman–Crippen LogP) is 4.03. The van der Waals surface area contributed by atoms with Gasteiger partial charge in [0.1, 0.15) is 5.75 Å². The number of sulfonamides is 1. The number of carbonyl (C=O) groups excluding carboxylic acids is 2. The van der Waals surface area contributed by atoms with E-state index in [4.69, 9.17) is 0 Å². The van der Waals surface area contributed by atoms with Crippen LogP contribution < -0.4 is 14.9 Å². The Hall–Kier alpha value is -3.89. The molecular weight excluding hydrogens is 528 g/mol. The number of hydrogen-bond acceptors (Lipinski definition) is 6. The summed E-state index contributed by atoms with van der Waals surface area (Å²) in [4.78, 5) is 27.7. The van der Waals surface area contributed by atoms with Gasteiger partial charge in [-0.05, 0) is 80.9 Å². The van der Waals surface area contributed by atoms with Crippen LogP contribution >= 0.6 is 0 Å². The molecule has 0 radical (unpaired) electrons. The molecule has 212 valence electrons. The first kappa shape index (κ1) is 29.1. The zero-order chi connectivity index (χ0) is 28.5. The number of unbranched alkanes of at least 4 members (excludes halogenated alkanes) is 1. The molecule has 0 spiro atoms. The standard InChI is InChI=1S/C30H36N4O5S/c1-2-3-21-33(24-17-19-31-20-18-24)29(36)22-32-30(37)23-13-15-26(16-14-23)40(38,39)34(25-9-5-4-6-10-25)27-11-7-8-12-28(27)35/h4-16,24,31,35H,2-3,17-22H2,1H3,(H,32,37). The molecule has 0 atom stereocenters. The van der Waals surface area contributed by atoms with E-state index in [1.807, 2.05) is 4.90 Å². The molecule has 10 heteroatoms. The highest BCUT2D eigenvalue weighted by atomic mass is 32.2. The Balaban J connectivity index is 1.49. The summed E-state index contributed by atoms with van der Waals surface area (Å²) in [5.74, 6) is -0.763. The Kier molecular flexibility index (Phi) is 9.79. The quantitative estimate of drug-likeness (QED) is 0.324. The van der Waals surface area contributed by atoms with Crippen LogP contribution in [0.25, 0.3) is 0 Å². The van der Waals surface area contributed by atoms with Crippen molar-refractivity contribution in [3.8, 4) is 5.75 Å². The van der Waals surface area contributed by atoms with E-state index in [0.717, 1.165) is 43.1 Å². The number of amides is 2. The number of benzene rings is 3. The summed E-state index contributed by atoms with van der Waals surface area (Å²) in [5, 5.41) is 16.5. The number of hydrogen-bond donors (Lipinski definition) is 3. The minimum atomic E-state index is -4.15. The summed E-state index contributed by atoms with van der Waals surface area (Å²) >= 11 is 0. The Bertz CT molecular complexity index is 1390. The molecule has 0 aromatic heterocycles. The van der Waals surface area contributed by atoms with E-state index in [-0.39, 0.29) is 40.4 Å². The molecule has 4 rings (SSSR count). The van der Waals surface area contributed by atoms with Crippen LogP contribution in [0.1, 0.15) is 43.0 Å². The summed E-state index contributed by atoms with van der Waals surface area (Å²) in [5.41, 5.74) is 0.698. The summed E-state index contributed by atoms with van der Waals surface area (Å²) in [6, 6.07) is 20.4. The van der Waals surface area contributed by atoms with E-state index in [1.165, 1.54) is 36.4 Å². The van der Waals surface area contributed by atoms with E-state index < -0.39 is 15.9 Å². The summed E-state index contributed by atoms with van der Waals surface area (Å²) < 4.78 is 28.6. The molecule has 1 saturated heterocycles. The summed E-state index contributed by atoms with van der Waals surface area (Å²) in [6.45, 7) is 4.36. The predicted molar refractivity (Wildman–Crippen MR) is 155 cm³/mol. The van der Waals surface area contributed by atoms with Crippen LogP contribution in [0.5, 0.6) is 5.75 Å². The molecule has 3 N–H and O–H groups in total. The van der Waals surface area contributed by atoms with Crippen molar-refractivity contribution in [3.05, 3.63) is 84.4 Å². The van der Waals surface area contributed by atoms with Gasteiger partial charge in [0.25, 0.3) is 15.9 Å². The van der Waals surface area contributed by atoms with Crippen molar-refractivity contribution >= 4 is 33.2 Å². The van der Waals surface area contributed by atoms with Crippen molar-refractivity contribution < 1.29 is 23.1 Å². The first-order valence-electron chi connectivity index (χ1n) is 13.6. The lowest BCUT2D eigenvalue weighted by atomic mass is 10.0. The Morgan fingerprint density at radius 3 is 2.25 bits per heavy atom. The van der Waals surface area contributed by atoms with Crippen molar-refractivity contribution in [3.63, 3.8) is 0 Å². The van der Waals surface area contributed by atoms with Gasteiger partial charge in [0, 0.05) is 18.2 Å². The van der Waals surface area contributed by atoms with Gasteiger partial charge < -0.3 is 20.6 Å². The maximum Gasteiger partial charge on any atom is 0.268 e. The molecule has 0 unspecified atom stereocenters. The van der Waals surface area contributed by atoms with Gasteiger partial charge in [-0.15, -0.1) is 0 Å². The lowest BCUT2D eigenvalue weighted by Gasteiger charge is -2.35. The maximum absolute atomic E-state index is 13.8. The monoisotopic (exact) mass is 564 g/mol. The number of phenolic OH excluding ortho intramolecular Hbond substituents is 1. The number of anilines is 2. The number of piperidine rings is 1. The van der Waals surface area contributed by atoms with Gasteiger partial charge in [0.2, 0.25) is 5.91 Å². The first-order chi connectivity index (χ1) is 19.3. The largest absolute Gasteiger partial charge is 0.506 e. The topological polar surface area (TPSA) is 119 Å². The minimum Gasteiger partial charge on any atom is -0.506 e. The molecule has 0 aliphatic carbocycles. The van der Waals surface area contributed by atoms with Crippen LogP contribution in [0.4, 0.5) is 11.4 Å². The molecule has 3 aromatic rings. The summed E-state index contributed by atoms with van der Waals surface area (Å²) in [7, 11) is -4.15. The molecule has 40 heavy (non-hydrogen) atoms. The average Bonchev–Trinajstić information content (AvgIpc) is 2.98. The Morgan fingerprint density at radius 2 is 1.60 bits per heavy atom. The fraction of sp³-hybridized carbons (Fsp3) is 0.333. The third-order valence-electron chi connectivity index (χ3n) is 6.97. The van der Waals surface area contributed by atoms with E-state index in [2.05, 4.69) is 17.6 Å².